The molecule has 1 saturated heterocycles. The number of rotatable bonds is 27. The van der Waals surface area contributed by atoms with E-state index in [-0.39, 0.29) is 50.2 Å². The van der Waals surface area contributed by atoms with E-state index in [1.165, 1.54) is 7.11 Å². The Hall–Kier alpha value is -3.96. The van der Waals surface area contributed by atoms with Gasteiger partial charge in [0.05, 0.1) is 0 Å². The van der Waals surface area contributed by atoms with E-state index in [1.54, 1.807) is 18.2 Å². The number of hydrogen-bond acceptors (Lipinski definition) is 11. The van der Waals surface area contributed by atoms with Crippen molar-refractivity contribution < 1.29 is 47.2 Å². The fourth-order valence-corrected chi connectivity index (χ4v) is 12.0. The van der Waals surface area contributed by atoms with Crippen molar-refractivity contribution >= 4 is 47.7 Å². The SMILES string of the molecule is COCOc1cc(OCCCCN=[N+]=[N-])cc(C(CC[C@@H]2OC(C)(C)OC2C(/C=C\[C@@H](C)[C@H](C)O[Si](C)(C)C(C)(C)C)OC(=O)c2ccccc2)[Se]c2ccccc2)c1C(=O)OCC[Si](C)(C)C. The molecule has 16 heteroatoms. The number of hydrogen-bond donors (Lipinski definition) is 0. The van der Waals surface area contributed by atoms with Gasteiger partial charge < -0.3 is 5.53 Å². The van der Waals surface area contributed by atoms with Crippen LogP contribution < -0.4 is 13.9 Å². The summed E-state index contributed by atoms with van der Waals surface area (Å²) < 4.78 is 51.7. The van der Waals surface area contributed by atoms with Crippen molar-refractivity contribution in [3.63, 3.8) is 0 Å². The van der Waals surface area contributed by atoms with Crippen LogP contribution in [0.2, 0.25) is 43.8 Å². The van der Waals surface area contributed by atoms with Crippen molar-refractivity contribution in [2.24, 2.45) is 11.0 Å². The van der Waals surface area contributed by atoms with Crippen molar-refractivity contribution in [1.82, 2.24) is 0 Å². The Morgan fingerprint density at radius 1 is 0.912 bits per heavy atom. The number of unbranched alkanes of at least 4 members (excludes halogenated alkanes) is 1. The molecule has 0 bridgehead atoms. The fourth-order valence-electron chi connectivity index (χ4n) is 7.24. The normalized spacial score (nSPS) is 18.0. The van der Waals surface area contributed by atoms with E-state index in [0.717, 1.165) is 16.1 Å². The summed E-state index contributed by atoms with van der Waals surface area (Å²) in [7, 11) is -2.08. The standard InChI is InChI=1S/C52H77N3O10SeSi2/c1-37(38(2)65-68(12,13)51(3,4)5)26-27-43(62-49(56)39-22-16-14-17-23-39)48-44(63-52(6,7)64-48)28-29-46(66-41-24-18-15-19-25-41)42-34-40(59-31-21-20-30-54-55-53)35-45(61-36-58-8)47(42)50(57)60-32-33-67(9,10)11/h14-19,22-27,34-35,37-38,43-44,46,48H,20-21,28-33,36H2,1-13H3/b27-26-/t37-,38+,43?,44+,46?,48?/m1/s1. The minimum absolute atomic E-state index is 0.00669. The molecule has 0 radical (unpaired) electrons. The quantitative estimate of drug-likeness (QED) is 0.0105. The maximum absolute atomic E-state index is 14.5. The second-order valence-electron chi connectivity index (χ2n) is 20.6. The van der Waals surface area contributed by atoms with Crippen molar-refractivity contribution in [2.45, 2.75) is 153 Å². The molecule has 3 unspecified atom stereocenters. The van der Waals surface area contributed by atoms with Gasteiger partial charge in [-0.05, 0) is 18.1 Å². The van der Waals surface area contributed by atoms with E-state index in [2.05, 4.69) is 95.6 Å². The van der Waals surface area contributed by atoms with Crippen LogP contribution in [0.3, 0.4) is 0 Å². The zero-order valence-corrected chi connectivity index (χ0v) is 46.5. The third kappa shape index (κ3) is 18.1. The number of carbonyl (C=O) groups excluding carboxylic acids is 2. The van der Waals surface area contributed by atoms with Crippen LogP contribution in [-0.4, -0.2) is 107 Å². The van der Waals surface area contributed by atoms with Crippen LogP contribution in [0.25, 0.3) is 10.4 Å². The van der Waals surface area contributed by atoms with Gasteiger partial charge in [0.15, 0.2) is 0 Å². The van der Waals surface area contributed by atoms with Gasteiger partial charge in [-0.3, -0.25) is 0 Å². The van der Waals surface area contributed by atoms with E-state index in [4.69, 9.17) is 43.1 Å². The van der Waals surface area contributed by atoms with E-state index < -0.39 is 52.4 Å². The van der Waals surface area contributed by atoms with Crippen molar-refractivity contribution in [1.29, 1.82) is 0 Å². The summed E-state index contributed by atoms with van der Waals surface area (Å²) >= 11 is -0.222. The third-order valence-corrected chi connectivity index (χ3v) is 21.3. The molecule has 3 aromatic rings. The molecule has 1 aliphatic rings. The van der Waals surface area contributed by atoms with E-state index in [1.807, 2.05) is 62.4 Å². The topological polar surface area (TPSA) is 157 Å². The number of ether oxygens (including phenoxy) is 7. The molecule has 0 aromatic heterocycles. The van der Waals surface area contributed by atoms with Gasteiger partial charge in [-0.15, -0.1) is 0 Å². The summed E-state index contributed by atoms with van der Waals surface area (Å²) in [6.07, 6.45) is 4.28. The summed E-state index contributed by atoms with van der Waals surface area (Å²) in [6.45, 7) is 26.8. The van der Waals surface area contributed by atoms with Gasteiger partial charge in [-0.25, -0.2) is 0 Å². The molecular weight excluding hydrogens is 962 g/mol. The summed E-state index contributed by atoms with van der Waals surface area (Å²) in [5.74, 6) is -1.11. The molecule has 4 rings (SSSR count). The van der Waals surface area contributed by atoms with Gasteiger partial charge in [0.2, 0.25) is 0 Å². The molecule has 0 aliphatic carbocycles. The number of nitrogens with zero attached hydrogens (tertiary/aromatic N) is 3. The van der Waals surface area contributed by atoms with Gasteiger partial charge >= 0.3 is 372 Å². The molecule has 1 heterocycles. The van der Waals surface area contributed by atoms with Crippen LogP contribution in [0, 0.1) is 5.92 Å². The number of methoxy groups -OCH3 is 1. The van der Waals surface area contributed by atoms with Gasteiger partial charge in [0.25, 0.3) is 0 Å². The molecule has 0 amide bonds. The Kier molecular flexibility index (Phi) is 21.9. The predicted octanol–water partition coefficient (Wildman–Crippen LogP) is 11.8. The van der Waals surface area contributed by atoms with E-state index >= 15 is 0 Å². The number of carbonyl (C=O) groups is 2. The first kappa shape index (κ1) is 56.6. The van der Waals surface area contributed by atoms with Crippen LogP contribution in [0.5, 0.6) is 11.5 Å². The molecule has 3 aromatic carbocycles. The van der Waals surface area contributed by atoms with Crippen LogP contribution in [-0.2, 0) is 28.1 Å². The first-order valence-corrected chi connectivity index (χ1v) is 32.3. The molecule has 374 valence electrons. The Labute approximate surface area is 414 Å². The second kappa shape index (κ2) is 26.3. The molecule has 0 saturated carbocycles. The molecule has 68 heavy (non-hydrogen) atoms. The first-order chi connectivity index (χ1) is 32.0. The Morgan fingerprint density at radius 2 is 1.59 bits per heavy atom. The van der Waals surface area contributed by atoms with Crippen LogP contribution in [0.1, 0.15) is 105 Å². The molecule has 1 aliphatic heterocycles. The minimum atomic E-state index is -2.07. The maximum atomic E-state index is 14.5. The first-order valence-electron chi connectivity index (χ1n) is 23.8. The van der Waals surface area contributed by atoms with Gasteiger partial charge in [-0.2, -0.15) is 0 Å². The van der Waals surface area contributed by atoms with Crippen molar-refractivity contribution in [3.8, 4) is 11.5 Å². The number of esters is 2. The Morgan fingerprint density at radius 3 is 2.22 bits per heavy atom. The predicted molar refractivity (Wildman–Crippen MR) is 275 cm³/mol. The average Bonchev–Trinajstić information content (AvgIpc) is 3.59. The monoisotopic (exact) mass is 1040 g/mol. The zero-order chi connectivity index (χ0) is 50.1. The van der Waals surface area contributed by atoms with Crippen molar-refractivity contribution in [3.05, 3.63) is 112 Å². The molecule has 13 nitrogen and oxygen atoms in total. The Bertz CT molecular complexity index is 2120. The molecular formula is C52H77N3O10SeSi2. The summed E-state index contributed by atoms with van der Waals surface area (Å²) in [5, 5.41) is 3.70. The molecule has 1 fully saturated rings. The van der Waals surface area contributed by atoms with Gasteiger partial charge in [0.1, 0.15) is 0 Å². The zero-order valence-electron chi connectivity index (χ0n) is 42.7. The number of azide groups is 1. The van der Waals surface area contributed by atoms with Crippen LogP contribution in [0.15, 0.2) is 90.1 Å². The van der Waals surface area contributed by atoms with Crippen LogP contribution >= 0.6 is 0 Å². The third-order valence-electron chi connectivity index (χ3n) is 12.2. The molecule has 6 atom stereocenters. The average molecular weight is 1040 g/mol. The van der Waals surface area contributed by atoms with Gasteiger partial charge in [0, 0.05) is 0 Å². The second-order valence-corrected chi connectivity index (χ2v) is 33.6. The summed E-state index contributed by atoms with van der Waals surface area (Å²) in [6, 6.07) is 23.7. The molecule has 0 N–H and O–H groups in total. The fraction of sp³-hybridized carbons (Fsp3) is 0.577. The van der Waals surface area contributed by atoms with E-state index in [9.17, 15) is 9.59 Å². The summed E-state index contributed by atoms with van der Waals surface area (Å²) in [4.78, 5) is 31.0. The van der Waals surface area contributed by atoms with Crippen LogP contribution in [0.4, 0.5) is 0 Å². The molecule has 0 spiro atoms. The number of benzene rings is 3. The van der Waals surface area contributed by atoms with Crippen molar-refractivity contribution in [2.75, 3.05) is 33.7 Å². The Balaban J connectivity index is 1.79. The van der Waals surface area contributed by atoms with Gasteiger partial charge in [-0.1, -0.05) is 20.8 Å². The van der Waals surface area contributed by atoms with E-state index in [0.29, 0.717) is 61.5 Å². The summed E-state index contributed by atoms with van der Waals surface area (Å²) in [5.41, 5.74) is 10.2.